The minimum atomic E-state index is 0.121. The standard InChI is InChI=1S/C28H47N3OS/c1-17(2)7-6-8-18(3)21-9-10-22-20-16-25(32)24-15-19(30-31-26(29)33)11-13-28(24,5)23(20)12-14-27(21,22)4/h17-18,20-24H,6-16H2,1-5H3,(H3,29,31,33)/b30-19+/t18-,20+,21-,22+,23+,24-,27-,28-/m1/s1. The molecule has 0 saturated heterocycles. The zero-order chi connectivity index (χ0) is 24.0. The number of nitrogens with one attached hydrogen (secondary N) is 1. The van der Waals surface area contributed by atoms with Crippen molar-refractivity contribution in [3.63, 3.8) is 0 Å². The number of fused-ring (bicyclic) bond motifs is 5. The van der Waals surface area contributed by atoms with Crippen LogP contribution in [-0.4, -0.2) is 16.6 Å². The van der Waals surface area contributed by atoms with Crippen LogP contribution in [0.4, 0.5) is 0 Å². The summed E-state index contributed by atoms with van der Waals surface area (Å²) in [6.45, 7) is 12.3. The van der Waals surface area contributed by atoms with E-state index < -0.39 is 0 Å². The highest BCUT2D eigenvalue weighted by molar-refractivity contribution is 7.80. The largest absolute Gasteiger partial charge is 0.375 e. The van der Waals surface area contributed by atoms with Crippen LogP contribution in [0, 0.1) is 52.3 Å². The van der Waals surface area contributed by atoms with E-state index in [1.165, 1.54) is 44.9 Å². The van der Waals surface area contributed by atoms with Crippen LogP contribution in [0.5, 0.6) is 0 Å². The van der Waals surface area contributed by atoms with E-state index in [1.54, 1.807) is 0 Å². The summed E-state index contributed by atoms with van der Waals surface area (Å²) in [5, 5.41) is 4.62. The van der Waals surface area contributed by atoms with E-state index in [0.717, 1.165) is 55.1 Å². The molecule has 4 fully saturated rings. The number of nitrogens with zero attached hydrogens (tertiary/aromatic N) is 1. The highest BCUT2D eigenvalue weighted by atomic mass is 32.1. The van der Waals surface area contributed by atoms with Crippen molar-refractivity contribution in [2.75, 3.05) is 0 Å². The molecule has 0 aromatic carbocycles. The molecule has 4 saturated carbocycles. The molecule has 4 rings (SSSR count). The summed E-state index contributed by atoms with van der Waals surface area (Å²) in [6, 6.07) is 0. The number of rotatable bonds is 6. The van der Waals surface area contributed by atoms with Gasteiger partial charge in [-0.25, -0.2) is 0 Å². The molecule has 0 heterocycles. The molecule has 33 heavy (non-hydrogen) atoms. The molecular formula is C28H47N3OS. The molecule has 8 atom stereocenters. The lowest BCUT2D eigenvalue weighted by atomic mass is 9.44. The van der Waals surface area contributed by atoms with E-state index in [2.05, 4.69) is 45.1 Å². The molecule has 4 nitrogen and oxygen atoms in total. The summed E-state index contributed by atoms with van der Waals surface area (Å²) < 4.78 is 0. The third-order valence-electron chi connectivity index (χ3n) is 10.8. The SMILES string of the molecule is CC(C)CCC[C@@H](C)[C@H]1CC[C@H]2[C@@H]3CC(=O)[C@H]4C/C(=N/NC(N)=S)CC[C@]4(C)[C@H]3CC[C@]12C. The number of Topliss-reactive ketones (excluding diaryl/α,β-unsaturated/α-hetero) is 1. The molecule has 0 aliphatic heterocycles. The van der Waals surface area contributed by atoms with Gasteiger partial charge in [-0.15, -0.1) is 0 Å². The molecule has 0 amide bonds. The third kappa shape index (κ3) is 4.65. The fraction of sp³-hybridized carbons (Fsp3) is 0.893. The molecule has 3 N–H and O–H groups in total. The summed E-state index contributed by atoms with van der Waals surface area (Å²) in [5.74, 6) is 5.11. The fourth-order valence-electron chi connectivity index (χ4n) is 9.11. The summed E-state index contributed by atoms with van der Waals surface area (Å²) in [7, 11) is 0. The van der Waals surface area contributed by atoms with Crippen molar-refractivity contribution in [2.24, 2.45) is 63.1 Å². The molecule has 4 aliphatic rings. The molecule has 4 aliphatic carbocycles. The van der Waals surface area contributed by atoms with Gasteiger partial charge < -0.3 is 5.73 Å². The molecule has 0 aromatic rings. The first-order chi connectivity index (χ1) is 15.6. The maximum Gasteiger partial charge on any atom is 0.184 e. The lowest BCUT2D eigenvalue weighted by Crippen LogP contribution is -2.56. The number of carbonyl (C=O) groups excluding carboxylic acids is 1. The number of hydrogen-bond donors (Lipinski definition) is 2. The lowest BCUT2D eigenvalue weighted by molar-refractivity contribution is -0.150. The predicted molar refractivity (Wildman–Crippen MR) is 141 cm³/mol. The number of nitrogens with two attached hydrogens (primary N) is 1. The molecular weight excluding hydrogens is 426 g/mol. The van der Waals surface area contributed by atoms with Gasteiger partial charge in [-0.2, -0.15) is 5.10 Å². The first-order valence-corrected chi connectivity index (χ1v) is 14.1. The van der Waals surface area contributed by atoms with Gasteiger partial charge in [-0.3, -0.25) is 10.2 Å². The number of hydrogen-bond acceptors (Lipinski definition) is 3. The number of carbonyl (C=O) groups is 1. The highest BCUT2D eigenvalue weighted by Gasteiger charge is 2.62. The summed E-state index contributed by atoms with van der Waals surface area (Å²) in [5.41, 5.74) is 9.94. The zero-order valence-corrected chi connectivity index (χ0v) is 22.5. The number of ketones is 1. The number of thiocarbonyl (C=S) groups is 1. The molecule has 0 unspecified atom stereocenters. The topological polar surface area (TPSA) is 67.5 Å². The monoisotopic (exact) mass is 473 g/mol. The maximum atomic E-state index is 13.6. The van der Waals surface area contributed by atoms with Crippen LogP contribution >= 0.6 is 12.2 Å². The van der Waals surface area contributed by atoms with Gasteiger partial charge in [0.05, 0.1) is 0 Å². The summed E-state index contributed by atoms with van der Waals surface area (Å²) in [4.78, 5) is 13.6. The Morgan fingerprint density at radius 3 is 2.52 bits per heavy atom. The van der Waals surface area contributed by atoms with E-state index in [1.807, 2.05) is 0 Å². The molecule has 186 valence electrons. The average Bonchev–Trinajstić information content (AvgIpc) is 3.10. The summed E-state index contributed by atoms with van der Waals surface area (Å²) >= 11 is 4.91. The van der Waals surface area contributed by atoms with Gasteiger partial charge in [-0.1, -0.05) is 53.9 Å². The van der Waals surface area contributed by atoms with Crippen molar-refractivity contribution in [1.29, 1.82) is 0 Å². The minimum Gasteiger partial charge on any atom is -0.375 e. The van der Waals surface area contributed by atoms with Crippen molar-refractivity contribution < 1.29 is 4.79 Å². The van der Waals surface area contributed by atoms with E-state index in [9.17, 15) is 4.79 Å². The van der Waals surface area contributed by atoms with Crippen molar-refractivity contribution >= 4 is 28.8 Å². The van der Waals surface area contributed by atoms with Crippen molar-refractivity contribution in [3.8, 4) is 0 Å². The lowest BCUT2D eigenvalue weighted by Gasteiger charge is -2.60. The van der Waals surface area contributed by atoms with Crippen molar-refractivity contribution in [2.45, 2.75) is 105 Å². The Bertz CT molecular complexity index is 794. The summed E-state index contributed by atoms with van der Waals surface area (Å²) in [6.07, 6.45) is 13.1. The Morgan fingerprint density at radius 2 is 1.82 bits per heavy atom. The minimum absolute atomic E-state index is 0.121. The van der Waals surface area contributed by atoms with E-state index in [0.29, 0.717) is 23.0 Å². The Balaban J connectivity index is 1.48. The van der Waals surface area contributed by atoms with Gasteiger partial charge in [0.2, 0.25) is 0 Å². The van der Waals surface area contributed by atoms with Gasteiger partial charge >= 0.3 is 0 Å². The van der Waals surface area contributed by atoms with Crippen LogP contribution in [0.1, 0.15) is 105 Å². The molecule has 0 spiro atoms. The van der Waals surface area contributed by atoms with Crippen LogP contribution < -0.4 is 11.2 Å². The second kappa shape index (κ2) is 9.59. The Hall–Kier alpha value is -0.970. The van der Waals surface area contributed by atoms with E-state index in [-0.39, 0.29) is 16.4 Å². The molecule has 0 aromatic heterocycles. The predicted octanol–water partition coefficient (Wildman–Crippen LogP) is 6.48. The number of hydrazone groups is 1. The van der Waals surface area contributed by atoms with Crippen LogP contribution in [-0.2, 0) is 4.79 Å². The first kappa shape index (κ1) is 25.1. The van der Waals surface area contributed by atoms with E-state index >= 15 is 0 Å². The maximum absolute atomic E-state index is 13.6. The van der Waals surface area contributed by atoms with Crippen LogP contribution in [0.15, 0.2) is 5.10 Å². The smallest absolute Gasteiger partial charge is 0.184 e. The first-order valence-electron chi connectivity index (χ1n) is 13.7. The van der Waals surface area contributed by atoms with Gasteiger partial charge in [0, 0.05) is 18.1 Å². The second-order valence-electron chi connectivity index (χ2n) is 13.0. The third-order valence-corrected chi connectivity index (χ3v) is 10.9. The van der Waals surface area contributed by atoms with Crippen molar-refractivity contribution in [1.82, 2.24) is 5.43 Å². The zero-order valence-electron chi connectivity index (χ0n) is 21.7. The molecule has 0 bridgehead atoms. The quantitative estimate of drug-likeness (QED) is 0.342. The Kier molecular flexibility index (Phi) is 7.30. The van der Waals surface area contributed by atoms with Crippen molar-refractivity contribution in [3.05, 3.63) is 0 Å². The van der Waals surface area contributed by atoms with Gasteiger partial charge in [0.25, 0.3) is 0 Å². The van der Waals surface area contributed by atoms with Crippen LogP contribution in [0.2, 0.25) is 0 Å². The van der Waals surface area contributed by atoms with Gasteiger partial charge in [0.15, 0.2) is 5.11 Å². The highest BCUT2D eigenvalue weighted by Crippen LogP contribution is 2.67. The molecule has 0 radical (unpaired) electrons. The Morgan fingerprint density at radius 1 is 1.09 bits per heavy atom. The molecule has 5 heteroatoms. The average molecular weight is 474 g/mol. The second-order valence-corrected chi connectivity index (χ2v) is 13.4. The normalized spacial score (nSPS) is 42.5. The fourth-order valence-corrected chi connectivity index (χ4v) is 9.16. The van der Waals surface area contributed by atoms with Gasteiger partial charge in [0.1, 0.15) is 5.78 Å². The van der Waals surface area contributed by atoms with Crippen LogP contribution in [0.3, 0.4) is 0 Å². The van der Waals surface area contributed by atoms with Crippen LogP contribution in [0.25, 0.3) is 0 Å². The Labute approximate surface area is 207 Å². The van der Waals surface area contributed by atoms with Gasteiger partial charge in [-0.05, 0) is 104 Å². The van der Waals surface area contributed by atoms with E-state index in [4.69, 9.17) is 18.0 Å².